The molecule has 1 unspecified atom stereocenters. The van der Waals surface area contributed by atoms with E-state index in [1.807, 2.05) is 38.1 Å². The first kappa shape index (κ1) is 41.0. The highest BCUT2D eigenvalue weighted by molar-refractivity contribution is 5.93. The number of imidazole rings is 1. The van der Waals surface area contributed by atoms with Crippen LogP contribution < -0.4 is 15.8 Å². The minimum Gasteiger partial charge on any atom is -0.473 e. The number of likely N-dealkylation sites (tertiary alicyclic amines) is 1. The Bertz CT molecular complexity index is 1830. The summed E-state index contributed by atoms with van der Waals surface area (Å²) in [5, 5.41) is 2.82. The highest BCUT2D eigenvalue weighted by atomic mass is 19.1. The predicted octanol–water partition coefficient (Wildman–Crippen LogP) is 6.69. The number of carbonyl (C=O) groups is 2. The number of pyridine rings is 1. The molecule has 12 nitrogen and oxygen atoms in total. The Morgan fingerprint density at radius 1 is 1.06 bits per heavy atom. The van der Waals surface area contributed by atoms with Crippen LogP contribution in [-0.2, 0) is 32.1 Å². The molecule has 0 bridgehead atoms. The summed E-state index contributed by atoms with van der Waals surface area (Å²) < 4.78 is 39.7. The summed E-state index contributed by atoms with van der Waals surface area (Å²) in [6, 6.07) is 11.3. The standard InChI is InChI=1S/C39H51FN6O6.C2H6/c1-38(2,52-39(3,4)41)21-35(47)42-28-11-9-27(30(40)20-28)24-51-36-8-6-7-31(44-36)25-13-16-45(17-14-25)23-34-43-32-12-10-26(37(48)49-5)19-33(32)46(34)22-29-15-18-50-29;1-2/h6-8,10,12,19-20,25,29H,9,11,13-18,21-24,41H2,1-5H3,(H,42,47);1-2H3. The molecule has 2 fully saturated rings. The van der Waals surface area contributed by atoms with E-state index in [1.54, 1.807) is 39.8 Å². The fourth-order valence-electron chi connectivity index (χ4n) is 7.19. The summed E-state index contributed by atoms with van der Waals surface area (Å²) in [6.07, 6.45) is 5.40. The number of esters is 1. The van der Waals surface area contributed by atoms with Gasteiger partial charge < -0.3 is 34.6 Å². The number of aromatic nitrogens is 3. The zero-order chi connectivity index (χ0) is 39.0. The van der Waals surface area contributed by atoms with Gasteiger partial charge in [-0.1, -0.05) is 19.9 Å². The Kier molecular flexibility index (Phi) is 13.6. The lowest BCUT2D eigenvalue weighted by molar-refractivity contribution is -0.142. The quantitative estimate of drug-likeness (QED) is 0.135. The number of piperidine rings is 1. The minimum absolute atomic E-state index is 0.0823. The number of hydrogen-bond acceptors (Lipinski definition) is 10. The average molecular weight is 749 g/mol. The predicted molar refractivity (Wildman–Crippen MR) is 205 cm³/mol. The van der Waals surface area contributed by atoms with Crippen molar-refractivity contribution in [1.82, 2.24) is 24.8 Å². The van der Waals surface area contributed by atoms with E-state index < -0.39 is 17.2 Å². The number of ether oxygens (including phenoxy) is 4. The number of nitrogens with one attached hydrogen (secondary N) is 1. The molecule has 294 valence electrons. The number of amides is 1. The Morgan fingerprint density at radius 2 is 1.80 bits per heavy atom. The van der Waals surface area contributed by atoms with Crippen molar-refractivity contribution in [2.24, 2.45) is 5.73 Å². The van der Waals surface area contributed by atoms with Crippen LogP contribution in [0.1, 0.15) is 108 Å². The number of allylic oxidation sites excluding steroid dienone is 3. The number of nitrogens with zero attached hydrogens (tertiary/aromatic N) is 4. The molecule has 0 spiro atoms. The average Bonchev–Trinajstić information content (AvgIpc) is 3.44. The summed E-state index contributed by atoms with van der Waals surface area (Å²) in [7, 11) is 1.39. The SMILES string of the molecule is CC.COC(=O)c1ccc2nc(CN3CCC(c4cccc(OCC5=C(F)C=C(NC(=O)CC(C)(C)OC(C)(C)N)CC5)n4)CC3)n(CC3CCO3)c2c1. The van der Waals surface area contributed by atoms with Crippen molar-refractivity contribution in [2.45, 2.75) is 117 Å². The Morgan fingerprint density at radius 3 is 2.44 bits per heavy atom. The van der Waals surface area contributed by atoms with E-state index >= 15 is 4.39 Å². The van der Waals surface area contributed by atoms with Crippen molar-refractivity contribution in [3.05, 3.63) is 76.7 Å². The molecule has 1 atom stereocenters. The molecule has 0 radical (unpaired) electrons. The van der Waals surface area contributed by atoms with Crippen LogP contribution in [0.4, 0.5) is 4.39 Å². The van der Waals surface area contributed by atoms with Crippen LogP contribution in [0, 0.1) is 0 Å². The van der Waals surface area contributed by atoms with Crippen molar-refractivity contribution in [3.63, 3.8) is 0 Å². The fraction of sp³-hybridized carbons (Fsp3) is 0.561. The van der Waals surface area contributed by atoms with Crippen LogP contribution in [0.2, 0.25) is 0 Å². The highest BCUT2D eigenvalue weighted by Crippen LogP contribution is 2.31. The Hall–Kier alpha value is -4.17. The lowest BCUT2D eigenvalue weighted by Gasteiger charge is -2.33. The summed E-state index contributed by atoms with van der Waals surface area (Å²) in [5.41, 5.74) is 8.59. The summed E-state index contributed by atoms with van der Waals surface area (Å²) in [6.45, 7) is 15.1. The molecule has 2 aromatic heterocycles. The molecule has 3 N–H and O–H groups in total. The number of fused-ring (bicyclic) bond motifs is 1. The van der Waals surface area contributed by atoms with Crippen LogP contribution in [0.5, 0.6) is 5.88 Å². The molecule has 1 amide bonds. The molecular weight excluding hydrogens is 691 g/mol. The first-order valence-electron chi connectivity index (χ1n) is 19.1. The van der Waals surface area contributed by atoms with Crippen molar-refractivity contribution in [3.8, 4) is 5.88 Å². The topological polar surface area (TPSA) is 143 Å². The van der Waals surface area contributed by atoms with E-state index in [9.17, 15) is 9.59 Å². The van der Waals surface area contributed by atoms with Crippen LogP contribution in [-0.4, -0.2) is 82.2 Å². The molecule has 6 rings (SSSR count). The molecule has 3 aliphatic rings. The maximum Gasteiger partial charge on any atom is 0.337 e. The third-order valence-electron chi connectivity index (χ3n) is 9.70. The van der Waals surface area contributed by atoms with Gasteiger partial charge in [0.25, 0.3) is 0 Å². The second kappa shape index (κ2) is 18.0. The van der Waals surface area contributed by atoms with Gasteiger partial charge in [0.15, 0.2) is 0 Å². The molecule has 54 heavy (non-hydrogen) atoms. The van der Waals surface area contributed by atoms with Gasteiger partial charge in [0.1, 0.15) is 24.0 Å². The minimum atomic E-state index is -0.877. The maximum absolute atomic E-state index is 15.1. The van der Waals surface area contributed by atoms with Crippen LogP contribution in [0.3, 0.4) is 0 Å². The van der Waals surface area contributed by atoms with Crippen LogP contribution in [0.15, 0.2) is 59.6 Å². The first-order chi connectivity index (χ1) is 25.7. The van der Waals surface area contributed by atoms with Gasteiger partial charge in [-0.25, -0.2) is 19.2 Å². The van der Waals surface area contributed by atoms with Crippen LogP contribution in [0.25, 0.3) is 11.0 Å². The molecule has 13 heteroatoms. The van der Waals surface area contributed by atoms with E-state index in [0.717, 1.165) is 61.5 Å². The van der Waals surface area contributed by atoms with Gasteiger partial charge in [-0.05, 0) is 103 Å². The summed E-state index contributed by atoms with van der Waals surface area (Å²) in [4.78, 5) is 37.1. The number of halogens is 1. The van der Waals surface area contributed by atoms with E-state index in [2.05, 4.69) is 14.8 Å². The number of carbonyl (C=O) groups excluding carboxylic acids is 2. The second-order valence-electron chi connectivity index (χ2n) is 15.2. The van der Waals surface area contributed by atoms with Gasteiger partial charge in [0.2, 0.25) is 11.8 Å². The lowest BCUT2D eigenvalue weighted by atomic mass is 9.93. The largest absolute Gasteiger partial charge is 0.473 e. The number of methoxy groups -OCH3 is 1. The second-order valence-corrected chi connectivity index (χ2v) is 15.2. The third-order valence-corrected chi connectivity index (χ3v) is 9.70. The van der Waals surface area contributed by atoms with Gasteiger partial charge in [0, 0.05) is 35.6 Å². The van der Waals surface area contributed by atoms with E-state index in [4.69, 9.17) is 34.6 Å². The molecule has 2 aliphatic heterocycles. The fourth-order valence-corrected chi connectivity index (χ4v) is 7.19. The lowest BCUT2D eigenvalue weighted by Crippen LogP contribution is -2.45. The molecular formula is C41H57FN6O6. The third kappa shape index (κ3) is 11.0. The maximum atomic E-state index is 15.1. The monoisotopic (exact) mass is 748 g/mol. The van der Waals surface area contributed by atoms with Gasteiger partial charge in [0.05, 0.1) is 54.9 Å². The van der Waals surface area contributed by atoms with Crippen molar-refractivity contribution in [1.29, 1.82) is 0 Å². The van der Waals surface area contributed by atoms with Crippen molar-refractivity contribution >= 4 is 22.9 Å². The normalized spacial score (nSPS) is 18.4. The van der Waals surface area contributed by atoms with Crippen molar-refractivity contribution in [2.75, 3.05) is 33.4 Å². The Labute approximate surface area is 318 Å². The molecule has 3 aromatic rings. The first-order valence-corrected chi connectivity index (χ1v) is 19.1. The van der Waals surface area contributed by atoms with Crippen molar-refractivity contribution < 1.29 is 32.9 Å². The summed E-state index contributed by atoms with van der Waals surface area (Å²) >= 11 is 0. The summed E-state index contributed by atoms with van der Waals surface area (Å²) in [5.74, 6) is 0.670. The number of rotatable bonds is 14. The van der Waals surface area contributed by atoms with Gasteiger partial charge in [-0.3, -0.25) is 9.69 Å². The van der Waals surface area contributed by atoms with Gasteiger partial charge in [-0.2, -0.15) is 0 Å². The highest BCUT2D eigenvalue weighted by Gasteiger charge is 2.30. The number of benzene rings is 1. The van der Waals surface area contributed by atoms with Crippen LogP contribution >= 0.6 is 0 Å². The van der Waals surface area contributed by atoms with E-state index in [1.165, 1.54) is 13.2 Å². The molecule has 2 saturated heterocycles. The molecule has 1 aromatic carbocycles. The van der Waals surface area contributed by atoms with Gasteiger partial charge in [-0.15, -0.1) is 0 Å². The molecule has 4 heterocycles. The molecule has 0 saturated carbocycles. The molecule has 1 aliphatic carbocycles. The zero-order valence-electron chi connectivity index (χ0n) is 32.9. The van der Waals surface area contributed by atoms with Gasteiger partial charge >= 0.3 is 5.97 Å². The Balaban J connectivity index is 0.00000276. The van der Waals surface area contributed by atoms with E-state index in [-0.39, 0.29) is 36.9 Å². The van der Waals surface area contributed by atoms with E-state index in [0.29, 0.717) is 48.6 Å². The number of nitrogens with two attached hydrogens (primary N) is 1. The number of hydrogen-bond donors (Lipinski definition) is 2. The zero-order valence-corrected chi connectivity index (χ0v) is 32.9. The smallest absolute Gasteiger partial charge is 0.337 e.